The second-order valence-electron chi connectivity index (χ2n) is 5.34. The molecule has 0 fully saturated rings. The van der Waals surface area contributed by atoms with Gasteiger partial charge in [-0.05, 0) is 30.5 Å². The van der Waals surface area contributed by atoms with Crippen LogP contribution in [0.3, 0.4) is 0 Å². The number of guanidine groups is 1. The molecule has 0 radical (unpaired) electrons. The zero-order valence-electron chi connectivity index (χ0n) is 14.1. The van der Waals surface area contributed by atoms with E-state index in [-0.39, 0.29) is 0 Å². The second-order valence-corrected chi connectivity index (χ2v) is 5.34. The third-order valence-corrected chi connectivity index (χ3v) is 3.46. The normalized spacial score (nSPS) is 11.3. The standard InChI is InChI=1S/C19H25N3O2/c1-23-18-12-6-5-11-17(18)22-19(20)21-13-7-8-14-24-15-16-9-3-2-4-10-16/h2-6,9-12H,7-8,13-15H2,1H3,(H3,20,21,22). The van der Waals surface area contributed by atoms with Crippen LogP contribution in [0.2, 0.25) is 0 Å². The van der Waals surface area contributed by atoms with Gasteiger partial charge in [-0.15, -0.1) is 0 Å². The van der Waals surface area contributed by atoms with Crippen molar-refractivity contribution in [2.45, 2.75) is 19.4 Å². The number of nitrogens with zero attached hydrogens (tertiary/aromatic N) is 1. The third-order valence-electron chi connectivity index (χ3n) is 3.46. The van der Waals surface area contributed by atoms with Crippen molar-refractivity contribution in [3.8, 4) is 5.75 Å². The molecule has 0 aromatic heterocycles. The first-order chi connectivity index (χ1) is 11.8. The summed E-state index contributed by atoms with van der Waals surface area (Å²) in [5, 5.41) is 3.06. The van der Waals surface area contributed by atoms with Gasteiger partial charge in [0, 0.05) is 13.2 Å². The average molecular weight is 327 g/mol. The van der Waals surface area contributed by atoms with Gasteiger partial charge in [0.25, 0.3) is 0 Å². The number of hydrogen-bond donors (Lipinski definition) is 2. The lowest BCUT2D eigenvalue weighted by Gasteiger charge is -2.10. The van der Waals surface area contributed by atoms with Gasteiger partial charge in [0.2, 0.25) is 0 Å². The zero-order chi connectivity index (χ0) is 17.0. The summed E-state index contributed by atoms with van der Waals surface area (Å²) in [6.07, 6.45) is 1.89. The molecule has 0 saturated carbocycles. The predicted molar refractivity (Wildman–Crippen MR) is 98.4 cm³/mol. The molecule has 2 rings (SSSR count). The van der Waals surface area contributed by atoms with Crippen molar-refractivity contribution >= 4 is 11.6 Å². The van der Waals surface area contributed by atoms with Crippen molar-refractivity contribution in [3.63, 3.8) is 0 Å². The number of para-hydroxylation sites is 2. The highest BCUT2D eigenvalue weighted by Crippen LogP contribution is 2.22. The van der Waals surface area contributed by atoms with Crippen molar-refractivity contribution in [1.29, 1.82) is 0 Å². The Labute approximate surface area is 143 Å². The van der Waals surface area contributed by atoms with E-state index >= 15 is 0 Å². The van der Waals surface area contributed by atoms with Crippen molar-refractivity contribution in [3.05, 3.63) is 60.2 Å². The van der Waals surface area contributed by atoms with E-state index in [4.69, 9.17) is 15.2 Å². The maximum Gasteiger partial charge on any atom is 0.193 e. The molecular formula is C19H25N3O2. The molecule has 0 atom stereocenters. The topological polar surface area (TPSA) is 68.9 Å². The minimum Gasteiger partial charge on any atom is -0.495 e. The number of rotatable bonds is 9. The zero-order valence-corrected chi connectivity index (χ0v) is 14.1. The molecule has 0 aliphatic heterocycles. The van der Waals surface area contributed by atoms with Gasteiger partial charge in [0.1, 0.15) is 5.75 Å². The highest BCUT2D eigenvalue weighted by Gasteiger charge is 2.01. The van der Waals surface area contributed by atoms with E-state index in [9.17, 15) is 0 Å². The molecule has 0 spiro atoms. The van der Waals surface area contributed by atoms with E-state index in [1.807, 2.05) is 42.5 Å². The molecule has 24 heavy (non-hydrogen) atoms. The van der Waals surface area contributed by atoms with E-state index in [0.717, 1.165) is 30.9 Å². The van der Waals surface area contributed by atoms with Crippen LogP contribution in [-0.4, -0.2) is 26.2 Å². The van der Waals surface area contributed by atoms with Crippen LogP contribution in [0.1, 0.15) is 18.4 Å². The fourth-order valence-corrected chi connectivity index (χ4v) is 2.21. The van der Waals surface area contributed by atoms with E-state index in [2.05, 4.69) is 22.4 Å². The van der Waals surface area contributed by atoms with Gasteiger partial charge in [0.05, 0.1) is 19.4 Å². The Kier molecular flexibility index (Phi) is 7.63. The second kappa shape index (κ2) is 10.3. The number of hydrogen-bond acceptors (Lipinski definition) is 3. The molecule has 5 heteroatoms. The van der Waals surface area contributed by atoms with Crippen LogP contribution < -0.4 is 15.8 Å². The van der Waals surface area contributed by atoms with Crippen molar-refractivity contribution < 1.29 is 9.47 Å². The number of aliphatic imine (C=N–C) groups is 1. The van der Waals surface area contributed by atoms with Crippen LogP contribution in [0.25, 0.3) is 0 Å². The summed E-state index contributed by atoms with van der Waals surface area (Å²) in [4.78, 5) is 4.32. The largest absolute Gasteiger partial charge is 0.495 e. The van der Waals surface area contributed by atoms with E-state index in [1.165, 1.54) is 5.56 Å². The number of unbranched alkanes of at least 4 members (excludes halogenated alkanes) is 1. The summed E-state index contributed by atoms with van der Waals surface area (Å²) in [7, 11) is 1.63. The molecular weight excluding hydrogens is 302 g/mol. The van der Waals surface area contributed by atoms with Crippen molar-refractivity contribution in [2.24, 2.45) is 10.7 Å². The maximum atomic E-state index is 5.90. The fourth-order valence-electron chi connectivity index (χ4n) is 2.21. The first-order valence-electron chi connectivity index (χ1n) is 8.11. The quantitative estimate of drug-likeness (QED) is 0.421. The van der Waals surface area contributed by atoms with Gasteiger partial charge < -0.3 is 20.5 Å². The highest BCUT2D eigenvalue weighted by molar-refractivity contribution is 5.93. The van der Waals surface area contributed by atoms with Gasteiger partial charge >= 0.3 is 0 Å². The Hall–Kier alpha value is -2.53. The van der Waals surface area contributed by atoms with Crippen molar-refractivity contribution in [2.75, 3.05) is 25.6 Å². The molecule has 5 nitrogen and oxygen atoms in total. The summed E-state index contributed by atoms with van der Waals surface area (Å²) in [6.45, 7) is 2.05. The number of benzene rings is 2. The summed E-state index contributed by atoms with van der Waals surface area (Å²) in [5.74, 6) is 1.13. The minimum atomic E-state index is 0.393. The van der Waals surface area contributed by atoms with Gasteiger partial charge in [0.15, 0.2) is 5.96 Å². The summed E-state index contributed by atoms with van der Waals surface area (Å²) in [5.41, 5.74) is 7.91. The Balaban J connectivity index is 1.61. The van der Waals surface area contributed by atoms with E-state index in [1.54, 1.807) is 7.11 Å². The molecule has 0 amide bonds. The van der Waals surface area contributed by atoms with E-state index < -0.39 is 0 Å². The van der Waals surface area contributed by atoms with Crippen LogP contribution in [0, 0.1) is 0 Å². The van der Waals surface area contributed by atoms with Crippen LogP contribution >= 0.6 is 0 Å². The molecule has 0 aliphatic carbocycles. The molecule has 3 N–H and O–H groups in total. The van der Waals surface area contributed by atoms with Gasteiger partial charge in [-0.3, -0.25) is 4.99 Å². The molecule has 0 aliphatic rings. The lowest BCUT2D eigenvalue weighted by atomic mass is 10.2. The molecule has 0 bridgehead atoms. The summed E-state index contributed by atoms with van der Waals surface area (Å²) < 4.78 is 10.9. The Morgan fingerprint density at radius 3 is 2.58 bits per heavy atom. The molecule has 128 valence electrons. The maximum absolute atomic E-state index is 5.90. The predicted octanol–water partition coefficient (Wildman–Crippen LogP) is 3.42. The number of methoxy groups -OCH3 is 1. The monoisotopic (exact) mass is 327 g/mol. The highest BCUT2D eigenvalue weighted by atomic mass is 16.5. The first kappa shape index (κ1) is 17.8. The molecule has 0 unspecified atom stereocenters. The van der Waals surface area contributed by atoms with Crippen molar-refractivity contribution in [1.82, 2.24) is 0 Å². The fraction of sp³-hybridized carbons (Fsp3) is 0.316. The molecule has 2 aromatic carbocycles. The molecule has 2 aromatic rings. The average Bonchev–Trinajstić information content (AvgIpc) is 2.62. The van der Waals surface area contributed by atoms with Gasteiger partial charge in [-0.25, -0.2) is 0 Å². The number of ether oxygens (including phenoxy) is 2. The third kappa shape index (κ3) is 6.30. The number of nitrogens with two attached hydrogens (primary N) is 1. The van der Waals surface area contributed by atoms with Crippen LogP contribution in [-0.2, 0) is 11.3 Å². The summed E-state index contributed by atoms with van der Waals surface area (Å²) in [6, 6.07) is 17.8. The first-order valence-corrected chi connectivity index (χ1v) is 8.11. The molecule has 0 saturated heterocycles. The SMILES string of the molecule is COc1ccccc1NC(N)=NCCCCOCc1ccccc1. The smallest absolute Gasteiger partial charge is 0.193 e. The number of anilines is 1. The van der Waals surface area contributed by atoms with Crippen LogP contribution in [0.5, 0.6) is 5.75 Å². The number of nitrogens with one attached hydrogen (secondary N) is 1. The lowest BCUT2D eigenvalue weighted by Crippen LogP contribution is -2.23. The van der Waals surface area contributed by atoms with Crippen LogP contribution in [0.15, 0.2) is 59.6 Å². The van der Waals surface area contributed by atoms with Crippen LogP contribution in [0.4, 0.5) is 5.69 Å². The molecule has 0 heterocycles. The Morgan fingerprint density at radius 2 is 1.79 bits per heavy atom. The Bertz CT molecular complexity index is 630. The lowest BCUT2D eigenvalue weighted by molar-refractivity contribution is 0.117. The Morgan fingerprint density at radius 1 is 1.04 bits per heavy atom. The minimum absolute atomic E-state index is 0.393. The summed E-state index contributed by atoms with van der Waals surface area (Å²) >= 11 is 0. The van der Waals surface area contributed by atoms with Gasteiger partial charge in [-0.1, -0.05) is 42.5 Å². The van der Waals surface area contributed by atoms with Gasteiger partial charge in [-0.2, -0.15) is 0 Å². The van der Waals surface area contributed by atoms with E-state index in [0.29, 0.717) is 19.1 Å².